The number of aliphatic hydroxyl groups excluding tert-OH is 5. The number of nitrogens with one attached hydrogen (secondary N) is 1. The highest BCUT2D eigenvalue weighted by Crippen LogP contribution is 2.24. The van der Waals surface area contributed by atoms with E-state index in [2.05, 4.69) is 92.1 Å². The molecule has 0 aromatic heterocycles. The van der Waals surface area contributed by atoms with Crippen LogP contribution in [0.2, 0.25) is 0 Å². The molecule has 0 saturated carbocycles. The summed E-state index contributed by atoms with van der Waals surface area (Å²) in [5.74, 6) is -0.171. The van der Waals surface area contributed by atoms with Crippen LogP contribution in [0, 0.1) is 0 Å². The summed E-state index contributed by atoms with van der Waals surface area (Å²) in [6, 6.07) is -0.808. The minimum Gasteiger partial charge on any atom is -0.394 e. The lowest BCUT2D eigenvalue weighted by molar-refractivity contribution is -0.302. The fraction of sp³-hybridized carbons (Fsp3) is 0.817. The minimum atomic E-state index is -1.57. The third-order valence-corrected chi connectivity index (χ3v) is 18.5. The van der Waals surface area contributed by atoms with E-state index in [-0.39, 0.29) is 12.5 Å². The van der Waals surface area contributed by atoms with E-state index in [9.17, 15) is 30.3 Å². The number of aliphatic hydroxyl groups is 5. The van der Waals surface area contributed by atoms with Gasteiger partial charge in [-0.2, -0.15) is 0 Å². The molecule has 530 valence electrons. The van der Waals surface area contributed by atoms with Gasteiger partial charge in [-0.15, -0.1) is 0 Å². The van der Waals surface area contributed by atoms with Crippen molar-refractivity contribution in [3.63, 3.8) is 0 Å². The Morgan fingerprint density at radius 3 is 1.01 bits per heavy atom. The standard InChI is InChI=1S/C82H149NO8/c1-3-5-7-9-11-13-15-17-19-21-23-25-27-29-31-32-33-34-35-36-37-38-39-40-41-42-43-44-46-48-50-52-54-56-58-60-62-64-66-68-70-72-78(86)83-75(74-90-82-81(89)80(88)79(87)77(73-84)91-82)76(85)71-69-67-65-63-61-59-57-55-53-51-49-47-45-30-28-26-24-22-20-18-16-14-12-10-8-6-4-2/h5,7,11,13,17,19,23,25,29,31,33-34,69,71,75-77,79-82,84-85,87-89H,3-4,6,8-10,12,14-16,18,20-22,24,26-28,30,32,35-68,70,72-74H2,1-2H3,(H,83,86)/b7-5-,13-11-,19-17-,25-23-,31-29-,34-33-,71-69+. The number of carbonyl (C=O) groups is 1. The first-order valence-corrected chi connectivity index (χ1v) is 39.3. The molecule has 0 radical (unpaired) electrons. The largest absolute Gasteiger partial charge is 0.394 e. The van der Waals surface area contributed by atoms with Gasteiger partial charge >= 0.3 is 0 Å². The predicted octanol–water partition coefficient (Wildman–Crippen LogP) is 22.4. The van der Waals surface area contributed by atoms with E-state index in [1.165, 1.54) is 276 Å². The van der Waals surface area contributed by atoms with Crippen LogP contribution in [0.25, 0.3) is 0 Å². The number of hydrogen-bond donors (Lipinski definition) is 6. The van der Waals surface area contributed by atoms with Crippen molar-refractivity contribution in [2.45, 2.75) is 416 Å². The van der Waals surface area contributed by atoms with Gasteiger partial charge in [-0.25, -0.2) is 0 Å². The monoisotopic (exact) mass is 1280 g/mol. The zero-order chi connectivity index (χ0) is 65.7. The number of hydrogen-bond acceptors (Lipinski definition) is 8. The van der Waals surface area contributed by atoms with Crippen molar-refractivity contribution < 1.29 is 39.8 Å². The Labute approximate surface area is 562 Å². The van der Waals surface area contributed by atoms with Crippen LogP contribution < -0.4 is 5.32 Å². The van der Waals surface area contributed by atoms with Gasteiger partial charge in [0, 0.05) is 6.42 Å². The summed E-state index contributed by atoms with van der Waals surface area (Å²) in [5.41, 5.74) is 0. The van der Waals surface area contributed by atoms with Gasteiger partial charge in [-0.3, -0.25) is 4.79 Å². The number of rotatable bonds is 69. The molecule has 1 fully saturated rings. The number of ether oxygens (including phenoxy) is 2. The summed E-state index contributed by atoms with van der Waals surface area (Å²) in [7, 11) is 0. The summed E-state index contributed by atoms with van der Waals surface area (Å²) in [4.78, 5) is 13.2. The Hall–Kier alpha value is -2.63. The SMILES string of the molecule is CC/C=C\C/C=C\C/C=C\C/C=C\C/C=C\C/C=C\CCCCCCCCCCCCCCCCCCCCCCCCC(=O)NC(COC1OC(CO)C(O)C(O)C1O)C(O)/C=C/CCCCCCCCCCCCCCCCCCCCCCCCCCC. The fourth-order valence-corrected chi connectivity index (χ4v) is 12.4. The van der Waals surface area contributed by atoms with Crippen LogP contribution in [0.5, 0.6) is 0 Å². The number of carbonyl (C=O) groups excluding carboxylic acids is 1. The van der Waals surface area contributed by atoms with Gasteiger partial charge in [0.15, 0.2) is 6.29 Å². The first-order valence-electron chi connectivity index (χ1n) is 39.3. The van der Waals surface area contributed by atoms with Crippen molar-refractivity contribution in [2.75, 3.05) is 13.2 Å². The van der Waals surface area contributed by atoms with Gasteiger partial charge in [-0.05, 0) is 70.6 Å². The first kappa shape index (κ1) is 86.4. The quantitative estimate of drug-likeness (QED) is 0.0261. The van der Waals surface area contributed by atoms with Crippen molar-refractivity contribution in [3.8, 4) is 0 Å². The van der Waals surface area contributed by atoms with Crippen LogP contribution in [0.1, 0.15) is 373 Å². The molecule has 1 amide bonds. The molecule has 1 heterocycles. The third kappa shape index (κ3) is 58.5. The van der Waals surface area contributed by atoms with E-state index in [1.807, 2.05) is 6.08 Å². The zero-order valence-electron chi connectivity index (χ0n) is 59.6. The normalized spacial score (nSPS) is 18.2. The molecule has 1 aliphatic heterocycles. The van der Waals surface area contributed by atoms with E-state index >= 15 is 0 Å². The maximum atomic E-state index is 13.2. The van der Waals surface area contributed by atoms with Crippen molar-refractivity contribution >= 4 is 5.91 Å². The van der Waals surface area contributed by atoms with E-state index in [1.54, 1.807) is 6.08 Å². The van der Waals surface area contributed by atoms with Crippen molar-refractivity contribution in [1.82, 2.24) is 5.32 Å². The molecular weight excluding hydrogens is 1130 g/mol. The average molecular weight is 1280 g/mol. The lowest BCUT2D eigenvalue weighted by Crippen LogP contribution is -2.60. The number of amides is 1. The van der Waals surface area contributed by atoms with Crippen LogP contribution in [-0.4, -0.2) is 87.5 Å². The highest BCUT2D eigenvalue weighted by molar-refractivity contribution is 5.76. The Kier molecular flexibility index (Phi) is 66.6. The molecule has 9 nitrogen and oxygen atoms in total. The molecule has 6 N–H and O–H groups in total. The van der Waals surface area contributed by atoms with Crippen LogP contribution in [0.15, 0.2) is 85.1 Å². The molecule has 1 aliphatic rings. The van der Waals surface area contributed by atoms with Gasteiger partial charge in [-0.1, -0.05) is 381 Å². The highest BCUT2D eigenvalue weighted by atomic mass is 16.7. The fourth-order valence-electron chi connectivity index (χ4n) is 12.4. The second kappa shape index (κ2) is 70.2. The van der Waals surface area contributed by atoms with Crippen LogP contribution >= 0.6 is 0 Å². The topological polar surface area (TPSA) is 149 Å². The first-order chi connectivity index (χ1) is 44.8. The lowest BCUT2D eigenvalue weighted by atomic mass is 9.99. The summed E-state index contributed by atoms with van der Waals surface area (Å²) >= 11 is 0. The molecule has 9 heteroatoms. The number of allylic oxidation sites excluding steroid dienone is 13. The maximum Gasteiger partial charge on any atom is 0.220 e. The second-order valence-electron chi connectivity index (χ2n) is 27.1. The second-order valence-corrected chi connectivity index (χ2v) is 27.1. The van der Waals surface area contributed by atoms with Crippen LogP contribution in [-0.2, 0) is 14.3 Å². The molecule has 0 aromatic rings. The zero-order valence-corrected chi connectivity index (χ0v) is 59.6. The molecule has 0 bridgehead atoms. The van der Waals surface area contributed by atoms with E-state index in [0.717, 1.165) is 77.0 Å². The minimum absolute atomic E-state index is 0.171. The molecule has 0 spiro atoms. The Morgan fingerprint density at radius 1 is 0.385 bits per heavy atom. The molecule has 1 saturated heterocycles. The number of unbranched alkanes of at least 4 members (excludes halogenated alkanes) is 47. The Morgan fingerprint density at radius 2 is 0.681 bits per heavy atom. The molecule has 7 atom stereocenters. The van der Waals surface area contributed by atoms with Gasteiger partial charge in [0.1, 0.15) is 24.4 Å². The summed E-state index contributed by atoms with van der Waals surface area (Å²) in [5, 5.41) is 54.9. The molecule has 91 heavy (non-hydrogen) atoms. The highest BCUT2D eigenvalue weighted by Gasteiger charge is 2.44. The van der Waals surface area contributed by atoms with Gasteiger partial charge in [0.25, 0.3) is 0 Å². The van der Waals surface area contributed by atoms with Gasteiger partial charge in [0.2, 0.25) is 5.91 Å². The van der Waals surface area contributed by atoms with Crippen molar-refractivity contribution in [3.05, 3.63) is 85.1 Å². The van der Waals surface area contributed by atoms with Crippen molar-refractivity contribution in [1.29, 1.82) is 0 Å². The average Bonchev–Trinajstić information content (AvgIpc) is 1.58. The smallest absolute Gasteiger partial charge is 0.220 e. The molecule has 0 aromatic carbocycles. The Balaban J connectivity index is 2.06. The van der Waals surface area contributed by atoms with E-state index in [4.69, 9.17) is 9.47 Å². The van der Waals surface area contributed by atoms with E-state index < -0.39 is 49.5 Å². The van der Waals surface area contributed by atoms with Crippen molar-refractivity contribution in [2.24, 2.45) is 0 Å². The lowest BCUT2D eigenvalue weighted by Gasteiger charge is -2.40. The predicted molar refractivity (Wildman–Crippen MR) is 392 cm³/mol. The molecule has 0 aliphatic carbocycles. The van der Waals surface area contributed by atoms with Crippen LogP contribution in [0.3, 0.4) is 0 Å². The third-order valence-electron chi connectivity index (χ3n) is 18.5. The van der Waals surface area contributed by atoms with Crippen LogP contribution in [0.4, 0.5) is 0 Å². The Bertz CT molecular complexity index is 1720. The summed E-state index contributed by atoms with van der Waals surface area (Å²) in [6.07, 6.45) is 94.4. The summed E-state index contributed by atoms with van der Waals surface area (Å²) in [6.45, 7) is 3.71. The van der Waals surface area contributed by atoms with E-state index in [0.29, 0.717) is 6.42 Å². The molecule has 7 unspecified atom stereocenters. The summed E-state index contributed by atoms with van der Waals surface area (Å²) < 4.78 is 11.3. The maximum absolute atomic E-state index is 13.2. The molecule has 1 rings (SSSR count). The molecular formula is C82H149NO8. The van der Waals surface area contributed by atoms with Gasteiger partial charge < -0.3 is 40.3 Å². The van der Waals surface area contributed by atoms with Gasteiger partial charge in [0.05, 0.1) is 25.4 Å².